The van der Waals surface area contributed by atoms with Crippen molar-refractivity contribution >= 4 is 23.5 Å². The molecule has 8 nitrogen and oxygen atoms in total. The van der Waals surface area contributed by atoms with Gasteiger partial charge in [-0.15, -0.1) is 0 Å². The van der Waals surface area contributed by atoms with Crippen LogP contribution in [-0.4, -0.2) is 59.1 Å². The molecule has 1 unspecified atom stereocenters. The molecule has 3 aliphatic heterocycles. The van der Waals surface area contributed by atoms with E-state index in [1.54, 1.807) is 18.2 Å². The molecule has 5 heterocycles. The lowest BCUT2D eigenvalue weighted by molar-refractivity contribution is -0.911. The van der Waals surface area contributed by atoms with Crippen LogP contribution in [0, 0.1) is 17.8 Å². The highest BCUT2D eigenvalue weighted by molar-refractivity contribution is 6.29. The number of rotatable bonds is 6. The summed E-state index contributed by atoms with van der Waals surface area (Å²) in [5, 5.41) is 11.7. The highest BCUT2D eigenvalue weighted by Crippen LogP contribution is 2.32. The van der Waals surface area contributed by atoms with Crippen LogP contribution in [0.3, 0.4) is 0 Å². The van der Waals surface area contributed by atoms with Gasteiger partial charge >= 0.3 is 0 Å². The maximum atomic E-state index is 13.1. The van der Waals surface area contributed by atoms with Gasteiger partial charge in [-0.05, 0) is 49.3 Å². The fourth-order valence-corrected chi connectivity index (χ4v) is 6.68. The smallest absolute Gasteiger partial charge is 0.254 e. The molecule has 1 N–H and O–H groups in total. The van der Waals surface area contributed by atoms with Crippen molar-refractivity contribution < 1.29 is 19.6 Å². The van der Waals surface area contributed by atoms with Gasteiger partial charge in [0, 0.05) is 67.4 Å². The number of amides is 1. The van der Waals surface area contributed by atoms with Crippen molar-refractivity contribution in [3.63, 3.8) is 0 Å². The molecular formula is C26H31ClN4O4. The Balaban J connectivity index is 1.26. The number of piperidine rings is 2. The Morgan fingerprint density at radius 1 is 1.17 bits per heavy atom. The van der Waals surface area contributed by atoms with E-state index in [4.69, 9.17) is 11.6 Å². The van der Waals surface area contributed by atoms with Gasteiger partial charge in [0.05, 0.1) is 19.6 Å². The monoisotopic (exact) mass is 498 g/mol. The maximum Gasteiger partial charge on any atom is 0.254 e. The van der Waals surface area contributed by atoms with E-state index < -0.39 is 5.97 Å². The number of halogens is 1. The van der Waals surface area contributed by atoms with Crippen molar-refractivity contribution in [1.29, 1.82) is 0 Å². The van der Waals surface area contributed by atoms with Crippen LogP contribution >= 0.6 is 11.6 Å². The van der Waals surface area contributed by atoms with Gasteiger partial charge in [-0.3, -0.25) is 9.59 Å². The van der Waals surface area contributed by atoms with Crippen LogP contribution in [0.5, 0.6) is 0 Å². The molecule has 2 fully saturated rings. The van der Waals surface area contributed by atoms with E-state index in [1.165, 1.54) is 11.1 Å². The van der Waals surface area contributed by atoms with E-state index in [0.29, 0.717) is 36.9 Å². The van der Waals surface area contributed by atoms with Crippen LogP contribution in [0.4, 0.5) is 0 Å². The average Bonchev–Trinajstić information content (AvgIpc) is 2.83. The molecule has 2 saturated heterocycles. The number of quaternary nitrogens is 1. The number of nitrogens with zero attached hydrogens (tertiary/aromatic N) is 3. The van der Waals surface area contributed by atoms with Crippen LogP contribution < -0.4 is 15.6 Å². The summed E-state index contributed by atoms with van der Waals surface area (Å²) < 4.78 is 1.95. The van der Waals surface area contributed by atoms with Gasteiger partial charge in [-0.25, -0.2) is 4.98 Å². The molecule has 35 heavy (non-hydrogen) atoms. The van der Waals surface area contributed by atoms with Gasteiger partial charge in [-0.2, -0.15) is 0 Å². The lowest BCUT2D eigenvalue weighted by Crippen LogP contribution is -3.14. The first kappa shape index (κ1) is 24.0. The molecule has 3 aliphatic rings. The number of hydrogen-bond acceptors (Lipinski definition) is 5. The third-order valence-electron chi connectivity index (χ3n) is 8.12. The topological polar surface area (TPSA) is 99.8 Å². The number of carbonyl (C=O) groups excluding carboxylic acids is 2. The van der Waals surface area contributed by atoms with Gasteiger partial charge in [0.1, 0.15) is 5.15 Å². The third kappa shape index (κ3) is 5.28. The highest BCUT2D eigenvalue weighted by Gasteiger charge is 2.38. The van der Waals surface area contributed by atoms with Crippen molar-refractivity contribution in [3.8, 4) is 0 Å². The molecule has 2 bridgehead atoms. The molecule has 0 radical (unpaired) electrons. The first-order chi connectivity index (χ1) is 16.9. The van der Waals surface area contributed by atoms with Gasteiger partial charge in [0.15, 0.2) is 0 Å². The highest BCUT2D eigenvalue weighted by atomic mass is 35.5. The number of fused-ring (bicyclic) bond motifs is 4. The predicted molar refractivity (Wildman–Crippen MR) is 128 cm³/mol. The van der Waals surface area contributed by atoms with Crippen molar-refractivity contribution in [2.75, 3.05) is 32.7 Å². The lowest BCUT2D eigenvalue weighted by atomic mass is 9.80. The molecule has 2 aromatic rings. The summed E-state index contributed by atoms with van der Waals surface area (Å²) in [6, 6.07) is 8.82. The normalized spacial score (nSPS) is 27.8. The predicted octanol–water partition coefficient (Wildman–Crippen LogP) is 0.207. The third-order valence-corrected chi connectivity index (χ3v) is 8.33. The number of hydrogen-bond donors (Lipinski definition) is 1. The van der Waals surface area contributed by atoms with E-state index in [-0.39, 0.29) is 34.9 Å². The first-order valence-electron chi connectivity index (χ1n) is 12.5. The van der Waals surface area contributed by atoms with Crippen LogP contribution in [0.1, 0.15) is 47.7 Å². The molecule has 9 heteroatoms. The number of carboxylic acid groups (broad SMARTS) is 1. The second-order valence-electron chi connectivity index (χ2n) is 10.4. The number of aromatic nitrogens is 2. The van der Waals surface area contributed by atoms with Crippen molar-refractivity contribution in [2.45, 2.75) is 38.1 Å². The summed E-state index contributed by atoms with van der Waals surface area (Å²) in [5.74, 6) is -0.140. The fourth-order valence-electron chi connectivity index (χ4n) is 6.51. The minimum atomic E-state index is -1.03. The first-order valence-corrected chi connectivity index (χ1v) is 12.9. The zero-order valence-corrected chi connectivity index (χ0v) is 20.5. The molecule has 2 aromatic heterocycles. The zero-order chi connectivity index (χ0) is 24.5. The standard InChI is InChI=1S/C26H31ClN4O4/c27-23-11-19(4-7-28-23)26(35)30-9-6-18(12-25(33)34)20(16-30)5-8-29-13-17-10-21(15-29)22-2-1-3-24(32)31(22)14-17/h1-4,7,11,17-18,20-21H,5-6,8-10,12-16H2,(H,33,34)/t17-,18-,20-,21+/m0/s1. The fraction of sp³-hybridized carbons (Fsp3) is 0.538. The molecule has 0 saturated carbocycles. The maximum absolute atomic E-state index is 13.1. The van der Waals surface area contributed by atoms with Crippen molar-refractivity contribution in [2.24, 2.45) is 17.8 Å². The Kier molecular flexibility index (Phi) is 6.93. The molecular weight excluding hydrogens is 468 g/mol. The summed E-state index contributed by atoms with van der Waals surface area (Å²) in [4.78, 5) is 44.1. The molecule has 0 aromatic carbocycles. The quantitative estimate of drug-likeness (QED) is 0.574. The number of nitrogens with one attached hydrogen (secondary N) is 1. The number of carboxylic acids is 1. The van der Waals surface area contributed by atoms with Crippen molar-refractivity contribution in [3.05, 3.63) is 63.3 Å². The molecule has 0 aliphatic carbocycles. The van der Waals surface area contributed by atoms with Crippen LogP contribution in [-0.2, 0) is 11.3 Å². The van der Waals surface area contributed by atoms with Gasteiger partial charge in [0.2, 0.25) is 0 Å². The summed E-state index contributed by atoms with van der Waals surface area (Å²) in [7, 11) is 0. The zero-order valence-electron chi connectivity index (χ0n) is 19.7. The second-order valence-corrected chi connectivity index (χ2v) is 10.8. The lowest BCUT2D eigenvalue weighted by Gasteiger charge is -2.42. The largest absolute Gasteiger partial charge is 0.550 e. The summed E-state index contributed by atoms with van der Waals surface area (Å²) in [5.41, 5.74) is 1.74. The molecule has 186 valence electrons. The van der Waals surface area contributed by atoms with Gasteiger partial charge < -0.3 is 24.3 Å². The summed E-state index contributed by atoms with van der Waals surface area (Å²) in [6.07, 6.45) is 4.19. The van der Waals surface area contributed by atoms with E-state index >= 15 is 0 Å². The second kappa shape index (κ2) is 10.1. The van der Waals surface area contributed by atoms with Crippen molar-refractivity contribution in [1.82, 2.24) is 14.5 Å². The number of carbonyl (C=O) groups is 2. The molecule has 0 spiro atoms. The Morgan fingerprint density at radius 2 is 2.03 bits per heavy atom. The number of aliphatic carboxylic acids is 1. The Labute approximate surface area is 209 Å². The van der Waals surface area contributed by atoms with Crippen LogP contribution in [0.2, 0.25) is 5.15 Å². The SMILES string of the molecule is O=C([O-])C[C@@H]1CCN(C(=O)c2ccnc(Cl)c2)C[C@@H]1CC[NH+]1C[C@@H]2C[C@H](C1)c1cccc(=O)n1C2. The number of pyridine rings is 2. The van der Waals surface area contributed by atoms with Gasteiger partial charge in [0.25, 0.3) is 11.5 Å². The minimum Gasteiger partial charge on any atom is -0.550 e. The molecule has 1 amide bonds. The van der Waals surface area contributed by atoms with E-state index in [9.17, 15) is 19.5 Å². The Morgan fingerprint density at radius 3 is 2.83 bits per heavy atom. The van der Waals surface area contributed by atoms with E-state index in [2.05, 4.69) is 11.1 Å². The minimum absolute atomic E-state index is 0.00747. The summed E-state index contributed by atoms with van der Waals surface area (Å²) in [6.45, 7) is 4.78. The van der Waals surface area contributed by atoms with Crippen LogP contribution in [0.15, 0.2) is 41.3 Å². The molecule has 5 rings (SSSR count). The molecule has 5 atom stereocenters. The summed E-state index contributed by atoms with van der Waals surface area (Å²) >= 11 is 5.98. The van der Waals surface area contributed by atoms with E-state index in [1.807, 2.05) is 15.5 Å². The Bertz CT molecular complexity index is 1170. The van der Waals surface area contributed by atoms with E-state index in [0.717, 1.165) is 44.7 Å². The van der Waals surface area contributed by atoms with Gasteiger partial charge in [-0.1, -0.05) is 17.7 Å². The number of likely N-dealkylation sites (tertiary alicyclic amines) is 2. The van der Waals surface area contributed by atoms with Crippen LogP contribution in [0.25, 0.3) is 0 Å². The Hall–Kier alpha value is -2.71. The average molecular weight is 499 g/mol.